The van der Waals surface area contributed by atoms with Crippen LogP contribution in [-0.2, 0) is 6.54 Å². The molecule has 5 nitrogen and oxygen atoms in total. The summed E-state index contributed by atoms with van der Waals surface area (Å²) in [5, 5.41) is 14.4. The lowest BCUT2D eigenvalue weighted by atomic mass is 10.1. The summed E-state index contributed by atoms with van der Waals surface area (Å²) in [6.07, 6.45) is 3.06. The molecular weight excluding hydrogens is 244 g/mol. The molecule has 1 aliphatic rings. The second-order valence-corrected chi connectivity index (χ2v) is 4.66. The molecule has 1 atom stereocenters. The Bertz CT molecular complexity index is 580. The van der Waals surface area contributed by atoms with Crippen LogP contribution in [0.25, 0.3) is 0 Å². The lowest BCUT2D eigenvalue weighted by Gasteiger charge is -2.20. The summed E-state index contributed by atoms with van der Waals surface area (Å²) in [5.41, 5.74) is 1.88. The smallest absolute Gasteiger partial charge is 0.161 e. The molecule has 3 rings (SSSR count). The zero-order valence-electron chi connectivity index (χ0n) is 10.7. The van der Waals surface area contributed by atoms with Gasteiger partial charge in [-0.3, -0.25) is 4.68 Å². The van der Waals surface area contributed by atoms with Gasteiger partial charge >= 0.3 is 0 Å². The van der Waals surface area contributed by atoms with E-state index in [0.29, 0.717) is 25.5 Å². The first-order chi connectivity index (χ1) is 9.22. The van der Waals surface area contributed by atoms with Crippen molar-refractivity contribution in [3.8, 4) is 11.5 Å². The van der Waals surface area contributed by atoms with Gasteiger partial charge in [0.2, 0.25) is 0 Å². The molecule has 0 amide bonds. The van der Waals surface area contributed by atoms with Crippen LogP contribution in [-0.4, -0.2) is 28.1 Å². The van der Waals surface area contributed by atoms with Crippen LogP contribution in [0, 0.1) is 6.92 Å². The Morgan fingerprint density at radius 1 is 1.32 bits per heavy atom. The Morgan fingerprint density at radius 2 is 2.11 bits per heavy atom. The van der Waals surface area contributed by atoms with Gasteiger partial charge in [0.25, 0.3) is 0 Å². The van der Waals surface area contributed by atoms with Gasteiger partial charge in [-0.15, -0.1) is 0 Å². The number of ether oxygens (including phenoxy) is 2. The van der Waals surface area contributed by atoms with Gasteiger partial charge in [0.1, 0.15) is 13.2 Å². The van der Waals surface area contributed by atoms with Gasteiger partial charge < -0.3 is 14.6 Å². The van der Waals surface area contributed by atoms with E-state index < -0.39 is 6.10 Å². The van der Waals surface area contributed by atoms with Gasteiger partial charge in [-0.05, 0) is 30.2 Å². The number of hydrogen-bond acceptors (Lipinski definition) is 4. The van der Waals surface area contributed by atoms with Crippen molar-refractivity contribution in [2.75, 3.05) is 13.2 Å². The van der Waals surface area contributed by atoms with Crippen molar-refractivity contribution in [3.63, 3.8) is 0 Å². The molecule has 1 aliphatic heterocycles. The summed E-state index contributed by atoms with van der Waals surface area (Å²) in [5.74, 6) is 1.43. The van der Waals surface area contributed by atoms with E-state index in [2.05, 4.69) is 5.10 Å². The van der Waals surface area contributed by atoms with Gasteiger partial charge in [0, 0.05) is 6.20 Å². The van der Waals surface area contributed by atoms with Crippen LogP contribution >= 0.6 is 0 Å². The summed E-state index contributed by atoms with van der Waals surface area (Å²) < 4.78 is 12.7. The standard InChI is InChI=1S/C14H16N2O3/c1-10-7-15-16(8-10)9-12(17)11-2-3-13-14(6-11)19-5-4-18-13/h2-3,6-8,12,17H,4-5,9H2,1H3. The monoisotopic (exact) mass is 260 g/mol. The summed E-state index contributed by atoms with van der Waals surface area (Å²) in [6.45, 7) is 3.51. The average molecular weight is 260 g/mol. The third-order valence-corrected chi connectivity index (χ3v) is 3.07. The molecule has 2 heterocycles. The number of hydrogen-bond donors (Lipinski definition) is 1. The summed E-state index contributed by atoms with van der Waals surface area (Å²) in [7, 11) is 0. The first-order valence-corrected chi connectivity index (χ1v) is 6.29. The quantitative estimate of drug-likeness (QED) is 0.912. The fourth-order valence-corrected chi connectivity index (χ4v) is 2.12. The highest BCUT2D eigenvalue weighted by Crippen LogP contribution is 2.32. The number of aromatic nitrogens is 2. The van der Waals surface area contributed by atoms with E-state index in [0.717, 1.165) is 16.9 Å². The molecule has 0 radical (unpaired) electrons. The molecule has 1 aromatic heterocycles. The molecule has 0 aliphatic carbocycles. The van der Waals surface area contributed by atoms with Gasteiger partial charge in [-0.25, -0.2) is 0 Å². The van der Waals surface area contributed by atoms with Crippen molar-refractivity contribution in [1.29, 1.82) is 0 Å². The number of aliphatic hydroxyl groups excluding tert-OH is 1. The highest BCUT2D eigenvalue weighted by Gasteiger charge is 2.15. The molecule has 0 fully saturated rings. The van der Waals surface area contributed by atoms with Gasteiger partial charge in [0.15, 0.2) is 11.5 Å². The van der Waals surface area contributed by atoms with Crippen molar-refractivity contribution >= 4 is 0 Å². The molecule has 0 saturated carbocycles. The minimum absolute atomic E-state index is 0.424. The number of rotatable bonds is 3. The average Bonchev–Trinajstić information content (AvgIpc) is 2.83. The minimum Gasteiger partial charge on any atom is -0.486 e. The first-order valence-electron chi connectivity index (χ1n) is 6.29. The van der Waals surface area contributed by atoms with E-state index in [4.69, 9.17) is 9.47 Å². The Hall–Kier alpha value is -2.01. The van der Waals surface area contributed by atoms with Gasteiger partial charge in [-0.1, -0.05) is 6.07 Å². The van der Waals surface area contributed by atoms with Crippen LogP contribution in [0.4, 0.5) is 0 Å². The predicted octanol–water partition coefficient (Wildman–Crippen LogP) is 1.70. The number of nitrogens with zero attached hydrogens (tertiary/aromatic N) is 2. The Kier molecular flexibility index (Phi) is 3.13. The molecule has 1 N–H and O–H groups in total. The lowest BCUT2D eigenvalue weighted by Crippen LogP contribution is -2.16. The van der Waals surface area contributed by atoms with Crippen LogP contribution in [0.2, 0.25) is 0 Å². The second-order valence-electron chi connectivity index (χ2n) is 4.66. The zero-order chi connectivity index (χ0) is 13.2. The first kappa shape index (κ1) is 12.0. The maximum Gasteiger partial charge on any atom is 0.161 e. The van der Waals surface area contributed by atoms with E-state index >= 15 is 0 Å². The number of benzene rings is 1. The number of fused-ring (bicyclic) bond motifs is 1. The maximum absolute atomic E-state index is 10.2. The molecule has 0 bridgehead atoms. The molecule has 2 aromatic rings. The van der Waals surface area contributed by atoms with Crippen molar-refractivity contribution < 1.29 is 14.6 Å². The largest absolute Gasteiger partial charge is 0.486 e. The molecule has 1 unspecified atom stereocenters. The molecule has 19 heavy (non-hydrogen) atoms. The van der Waals surface area contributed by atoms with Crippen LogP contribution in [0.15, 0.2) is 30.6 Å². The second kappa shape index (κ2) is 4.93. The Labute approximate surface area is 111 Å². The SMILES string of the molecule is Cc1cnn(CC(O)c2ccc3c(c2)OCCO3)c1. The van der Waals surface area contributed by atoms with E-state index in [1.807, 2.05) is 31.3 Å². The molecular formula is C14H16N2O3. The molecule has 5 heteroatoms. The van der Waals surface area contributed by atoms with Gasteiger partial charge in [-0.2, -0.15) is 5.10 Å². The maximum atomic E-state index is 10.2. The van der Waals surface area contributed by atoms with Crippen molar-refractivity contribution in [3.05, 3.63) is 41.7 Å². The highest BCUT2D eigenvalue weighted by molar-refractivity contribution is 5.44. The summed E-state index contributed by atoms with van der Waals surface area (Å²) in [4.78, 5) is 0. The summed E-state index contributed by atoms with van der Waals surface area (Å²) >= 11 is 0. The molecule has 0 saturated heterocycles. The molecule has 100 valence electrons. The number of aryl methyl sites for hydroxylation is 1. The van der Waals surface area contributed by atoms with Gasteiger partial charge in [0.05, 0.1) is 18.8 Å². The third-order valence-electron chi connectivity index (χ3n) is 3.07. The summed E-state index contributed by atoms with van der Waals surface area (Å²) in [6, 6.07) is 5.52. The lowest BCUT2D eigenvalue weighted by molar-refractivity contribution is 0.147. The predicted molar refractivity (Wildman–Crippen MR) is 69.4 cm³/mol. The normalized spacial score (nSPS) is 15.3. The van der Waals surface area contributed by atoms with Crippen LogP contribution in [0.3, 0.4) is 0 Å². The zero-order valence-corrected chi connectivity index (χ0v) is 10.7. The van der Waals surface area contributed by atoms with Crippen LogP contribution in [0.5, 0.6) is 11.5 Å². The third kappa shape index (κ3) is 2.56. The van der Waals surface area contributed by atoms with E-state index in [-0.39, 0.29) is 0 Å². The fraction of sp³-hybridized carbons (Fsp3) is 0.357. The minimum atomic E-state index is -0.616. The van der Waals surface area contributed by atoms with E-state index in [1.54, 1.807) is 10.9 Å². The molecule has 0 spiro atoms. The molecule has 1 aromatic carbocycles. The van der Waals surface area contributed by atoms with Crippen molar-refractivity contribution in [2.45, 2.75) is 19.6 Å². The van der Waals surface area contributed by atoms with E-state index in [1.165, 1.54) is 0 Å². The highest BCUT2D eigenvalue weighted by atomic mass is 16.6. The van der Waals surface area contributed by atoms with E-state index in [9.17, 15) is 5.11 Å². The Morgan fingerprint density at radius 3 is 2.84 bits per heavy atom. The van der Waals surface area contributed by atoms with Crippen LogP contribution in [0.1, 0.15) is 17.2 Å². The van der Waals surface area contributed by atoms with Crippen LogP contribution < -0.4 is 9.47 Å². The Balaban J connectivity index is 1.77. The number of aliphatic hydroxyl groups is 1. The van der Waals surface area contributed by atoms with Crippen molar-refractivity contribution in [2.24, 2.45) is 0 Å². The van der Waals surface area contributed by atoms with Crippen molar-refractivity contribution in [1.82, 2.24) is 9.78 Å². The topological polar surface area (TPSA) is 56.5 Å². The fourth-order valence-electron chi connectivity index (χ4n) is 2.12.